The van der Waals surface area contributed by atoms with Gasteiger partial charge in [-0.05, 0) is 24.3 Å². The number of fused-ring (bicyclic) bond motifs is 1. The molecule has 0 N–H and O–H groups in total. The number of alkyl halides is 1. The second-order valence-corrected chi connectivity index (χ2v) is 6.29. The maximum Gasteiger partial charge on any atom is 0.261 e. The molecular formula is C20H19ClN2O5. The SMILES string of the molecule is COc1ccc(OC)c(N(CCN2C(=O)c3ccccc3C2=O)C(=O)CCl)c1. The van der Waals surface area contributed by atoms with E-state index in [9.17, 15) is 14.4 Å². The summed E-state index contributed by atoms with van der Waals surface area (Å²) in [7, 11) is 3.00. The Bertz CT molecular complexity index is 896. The summed E-state index contributed by atoms with van der Waals surface area (Å²) in [6.45, 7) is 0.0931. The van der Waals surface area contributed by atoms with Crippen LogP contribution in [0.15, 0.2) is 42.5 Å². The predicted molar refractivity (Wildman–Crippen MR) is 104 cm³/mol. The van der Waals surface area contributed by atoms with Gasteiger partial charge in [-0.25, -0.2) is 0 Å². The van der Waals surface area contributed by atoms with Crippen LogP contribution in [0, 0.1) is 0 Å². The van der Waals surface area contributed by atoms with Crippen LogP contribution >= 0.6 is 11.6 Å². The van der Waals surface area contributed by atoms with Gasteiger partial charge in [-0.3, -0.25) is 19.3 Å². The number of benzene rings is 2. The van der Waals surface area contributed by atoms with Crippen molar-refractivity contribution in [2.75, 3.05) is 38.1 Å². The Morgan fingerprint density at radius 3 is 2.21 bits per heavy atom. The molecule has 1 aliphatic heterocycles. The highest BCUT2D eigenvalue weighted by atomic mass is 35.5. The molecule has 0 bridgehead atoms. The molecule has 1 aliphatic rings. The summed E-state index contributed by atoms with van der Waals surface area (Å²) in [5.74, 6) is -0.425. The zero-order valence-corrected chi connectivity index (χ0v) is 16.2. The van der Waals surface area contributed by atoms with Crippen LogP contribution in [0.5, 0.6) is 11.5 Å². The first-order chi connectivity index (χ1) is 13.5. The van der Waals surface area contributed by atoms with Gasteiger partial charge in [-0.1, -0.05) is 12.1 Å². The molecular weight excluding hydrogens is 384 g/mol. The molecule has 3 amide bonds. The molecule has 7 nitrogen and oxygen atoms in total. The Kier molecular flexibility index (Phi) is 5.84. The molecule has 1 heterocycles. The van der Waals surface area contributed by atoms with Crippen LogP contribution in [-0.2, 0) is 4.79 Å². The number of anilines is 1. The number of imide groups is 1. The molecule has 2 aromatic carbocycles. The van der Waals surface area contributed by atoms with E-state index in [2.05, 4.69) is 0 Å². The fourth-order valence-corrected chi connectivity index (χ4v) is 3.25. The number of hydrogen-bond acceptors (Lipinski definition) is 5. The van der Waals surface area contributed by atoms with Gasteiger partial charge in [0, 0.05) is 19.2 Å². The lowest BCUT2D eigenvalue weighted by molar-refractivity contribution is -0.116. The van der Waals surface area contributed by atoms with E-state index < -0.39 is 0 Å². The van der Waals surface area contributed by atoms with Crippen molar-refractivity contribution < 1.29 is 23.9 Å². The first kappa shape index (κ1) is 19.7. The van der Waals surface area contributed by atoms with Gasteiger partial charge < -0.3 is 14.4 Å². The van der Waals surface area contributed by atoms with E-state index >= 15 is 0 Å². The normalized spacial score (nSPS) is 12.8. The van der Waals surface area contributed by atoms with Crippen LogP contribution < -0.4 is 14.4 Å². The molecule has 2 aromatic rings. The van der Waals surface area contributed by atoms with Crippen molar-refractivity contribution in [2.24, 2.45) is 0 Å². The second kappa shape index (κ2) is 8.31. The first-order valence-electron chi connectivity index (χ1n) is 8.55. The number of halogens is 1. The van der Waals surface area contributed by atoms with E-state index in [0.29, 0.717) is 28.3 Å². The standard InChI is InChI=1S/C20H19ClN2O5/c1-27-13-7-8-17(28-2)16(11-13)22(18(24)12-21)9-10-23-19(25)14-5-3-4-6-15(14)20(23)26/h3-8,11H,9-10,12H2,1-2H3. The summed E-state index contributed by atoms with van der Waals surface area (Å²) in [5.41, 5.74) is 1.17. The monoisotopic (exact) mass is 402 g/mol. The lowest BCUT2D eigenvalue weighted by Crippen LogP contribution is -2.41. The molecule has 28 heavy (non-hydrogen) atoms. The van der Waals surface area contributed by atoms with Gasteiger partial charge in [0.2, 0.25) is 5.91 Å². The van der Waals surface area contributed by atoms with E-state index in [1.54, 1.807) is 42.5 Å². The van der Waals surface area contributed by atoms with Gasteiger partial charge in [0.1, 0.15) is 17.4 Å². The molecule has 0 saturated heterocycles. The molecule has 0 saturated carbocycles. The van der Waals surface area contributed by atoms with E-state index in [0.717, 1.165) is 4.90 Å². The summed E-state index contributed by atoms with van der Waals surface area (Å²) >= 11 is 5.78. The summed E-state index contributed by atoms with van der Waals surface area (Å²) < 4.78 is 10.6. The van der Waals surface area contributed by atoms with Crippen LogP contribution in [-0.4, -0.2) is 55.8 Å². The van der Waals surface area contributed by atoms with E-state index in [4.69, 9.17) is 21.1 Å². The summed E-state index contributed by atoms with van der Waals surface area (Å²) in [5, 5.41) is 0. The van der Waals surface area contributed by atoms with Gasteiger partial charge in [-0.15, -0.1) is 11.6 Å². The molecule has 3 rings (SSSR count). The van der Waals surface area contributed by atoms with Crippen molar-refractivity contribution in [1.82, 2.24) is 4.90 Å². The maximum absolute atomic E-state index is 12.6. The molecule has 8 heteroatoms. The number of nitrogens with zero attached hydrogens (tertiary/aromatic N) is 2. The van der Waals surface area contributed by atoms with E-state index in [1.165, 1.54) is 19.1 Å². The van der Waals surface area contributed by atoms with Gasteiger partial charge in [0.15, 0.2) is 0 Å². The molecule has 0 aromatic heterocycles. The third-order valence-electron chi connectivity index (χ3n) is 4.52. The van der Waals surface area contributed by atoms with Crippen LogP contribution in [0.1, 0.15) is 20.7 Å². The second-order valence-electron chi connectivity index (χ2n) is 6.02. The third-order valence-corrected chi connectivity index (χ3v) is 4.75. The number of carbonyl (C=O) groups is 3. The zero-order chi connectivity index (χ0) is 20.3. The van der Waals surface area contributed by atoms with Crippen molar-refractivity contribution >= 4 is 35.0 Å². The Balaban J connectivity index is 1.87. The lowest BCUT2D eigenvalue weighted by atomic mass is 10.1. The number of ether oxygens (including phenoxy) is 2. The topological polar surface area (TPSA) is 76.2 Å². The largest absolute Gasteiger partial charge is 0.497 e. The predicted octanol–water partition coefficient (Wildman–Crippen LogP) is 2.57. The molecule has 0 radical (unpaired) electrons. The molecule has 0 spiro atoms. The Morgan fingerprint density at radius 2 is 1.68 bits per heavy atom. The molecule has 0 aliphatic carbocycles. The number of rotatable bonds is 7. The van der Waals surface area contributed by atoms with Crippen LogP contribution in [0.25, 0.3) is 0 Å². The average molecular weight is 403 g/mol. The number of methoxy groups -OCH3 is 2. The minimum Gasteiger partial charge on any atom is -0.497 e. The molecule has 146 valence electrons. The van der Waals surface area contributed by atoms with Crippen LogP contribution in [0.2, 0.25) is 0 Å². The zero-order valence-electron chi connectivity index (χ0n) is 15.5. The Hall–Kier alpha value is -3.06. The fourth-order valence-electron chi connectivity index (χ4n) is 3.10. The van der Waals surface area contributed by atoms with Gasteiger partial charge in [-0.2, -0.15) is 0 Å². The number of carbonyl (C=O) groups excluding carboxylic acids is 3. The Labute approximate surface area is 167 Å². The third kappa shape index (κ3) is 3.53. The highest BCUT2D eigenvalue weighted by Gasteiger charge is 2.35. The molecule has 0 fully saturated rings. The van der Waals surface area contributed by atoms with Gasteiger partial charge >= 0.3 is 0 Å². The van der Waals surface area contributed by atoms with E-state index in [1.807, 2.05) is 0 Å². The molecule has 0 unspecified atom stereocenters. The molecule has 0 atom stereocenters. The minimum absolute atomic E-state index is 0.0232. The average Bonchev–Trinajstić information content (AvgIpc) is 2.98. The fraction of sp³-hybridized carbons (Fsp3) is 0.250. The van der Waals surface area contributed by atoms with Crippen molar-refractivity contribution in [1.29, 1.82) is 0 Å². The van der Waals surface area contributed by atoms with Crippen molar-refractivity contribution in [3.63, 3.8) is 0 Å². The van der Waals surface area contributed by atoms with Crippen LogP contribution in [0.3, 0.4) is 0 Å². The van der Waals surface area contributed by atoms with Crippen molar-refractivity contribution in [3.05, 3.63) is 53.6 Å². The smallest absolute Gasteiger partial charge is 0.261 e. The van der Waals surface area contributed by atoms with Gasteiger partial charge in [0.25, 0.3) is 11.8 Å². The first-order valence-corrected chi connectivity index (χ1v) is 9.08. The summed E-state index contributed by atoms with van der Waals surface area (Å²) in [4.78, 5) is 40.1. The van der Waals surface area contributed by atoms with Gasteiger partial charge in [0.05, 0.1) is 31.0 Å². The maximum atomic E-state index is 12.6. The van der Waals surface area contributed by atoms with Crippen LogP contribution in [0.4, 0.5) is 5.69 Å². The number of hydrogen-bond donors (Lipinski definition) is 0. The minimum atomic E-state index is -0.384. The highest BCUT2D eigenvalue weighted by molar-refractivity contribution is 6.29. The van der Waals surface area contributed by atoms with E-state index in [-0.39, 0.29) is 36.7 Å². The summed E-state index contributed by atoms with van der Waals surface area (Å²) in [6, 6.07) is 11.7. The van der Waals surface area contributed by atoms with Crippen molar-refractivity contribution in [2.45, 2.75) is 0 Å². The Morgan fingerprint density at radius 1 is 1.04 bits per heavy atom. The highest BCUT2D eigenvalue weighted by Crippen LogP contribution is 2.33. The summed E-state index contributed by atoms with van der Waals surface area (Å²) in [6.07, 6.45) is 0. The quantitative estimate of drug-likeness (QED) is 0.525. The lowest BCUT2D eigenvalue weighted by Gasteiger charge is -2.26. The van der Waals surface area contributed by atoms with Crippen molar-refractivity contribution in [3.8, 4) is 11.5 Å². The number of amides is 3.